The zero-order valence-electron chi connectivity index (χ0n) is 15.4. The summed E-state index contributed by atoms with van der Waals surface area (Å²) in [5.41, 5.74) is 2.22. The second kappa shape index (κ2) is 8.75. The summed E-state index contributed by atoms with van der Waals surface area (Å²) in [5, 5.41) is 5.57. The molecule has 4 heteroatoms. The van der Waals surface area contributed by atoms with Crippen molar-refractivity contribution in [1.82, 2.24) is 9.78 Å². The Bertz CT molecular complexity index is 676. The fourth-order valence-electron chi connectivity index (χ4n) is 3.68. The molecule has 1 aromatic carbocycles. The highest BCUT2D eigenvalue weighted by atomic mass is 35.5. The fraction of sp³-hybridized carbons (Fsp3) is 0.571. The summed E-state index contributed by atoms with van der Waals surface area (Å²) in [7, 11) is 0. The number of rotatable bonds is 7. The maximum atomic E-state index is 6.30. The van der Waals surface area contributed by atoms with E-state index in [9.17, 15) is 0 Å². The minimum atomic E-state index is -0.0463. The molecule has 0 saturated heterocycles. The maximum Gasteiger partial charge on any atom is 0.212 e. The zero-order chi connectivity index (χ0) is 17.6. The summed E-state index contributed by atoms with van der Waals surface area (Å²) >= 11 is 6.12. The number of hydrogen-bond acceptors (Lipinski definition) is 2. The molecule has 136 valence electrons. The molecule has 1 aromatic heterocycles. The number of benzene rings is 1. The minimum absolute atomic E-state index is 0.0463. The highest BCUT2D eigenvalue weighted by Gasteiger charge is 2.19. The van der Waals surface area contributed by atoms with Crippen LogP contribution in [0.4, 0.5) is 0 Å². The largest absolute Gasteiger partial charge is 0.470 e. The van der Waals surface area contributed by atoms with Gasteiger partial charge in [-0.2, -0.15) is 5.10 Å². The van der Waals surface area contributed by atoms with Crippen molar-refractivity contribution >= 4 is 11.6 Å². The van der Waals surface area contributed by atoms with Crippen LogP contribution in [0.2, 0.25) is 5.02 Å². The maximum absolute atomic E-state index is 6.30. The summed E-state index contributed by atoms with van der Waals surface area (Å²) in [6.07, 6.45) is 8.76. The molecule has 1 fully saturated rings. The van der Waals surface area contributed by atoms with Gasteiger partial charge in [-0.3, -0.25) is 0 Å². The lowest BCUT2D eigenvalue weighted by atomic mass is 9.89. The van der Waals surface area contributed by atoms with E-state index in [2.05, 4.69) is 30.7 Å². The van der Waals surface area contributed by atoms with Gasteiger partial charge in [-0.15, -0.1) is 0 Å². The molecule has 0 aliphatic heterocycles. The van der Waals surface area contributed by atoms with Crippen molar-refractivity contribution in [3.63, 3.8) is 0 Å². The number of nitrogens with zero attached hydrogens (tertiary/aromatic N) is 2. The van der Waals surface area contributed by atoms with Gasteiger partial charge in [-0.25, -0.2) is 4.68 Å². The first-order valence-corrected chi connectivity index (χ1v) is 10.0. The second-order valence-electron chi connectivity index (χ2n) is 7.23. The quantitative estimate of drug-likeness (QED) is 0.586. The molecule has 0 radical (unpaired) electrons. The van der Waals surface area contributed by atoms with Crippen molar-refractivity contribution in [1.29, 1.82) is 0 Å². The molecule has 3 nitrogen and oxygen atoms in total. The van der Waals surface area contributed by atoms with Gasteiger partial charge in [0.1, 0.15) is 6.10 Å². The Labute approximate surface area is 156 Å². The standard InChI is InChI=1S/C21H29ClN2O/c1-3-8-20-14-21(24(23-20)15-17-9-5-4-6-10-17)25-16(2)18-11-7-12-19(22)13-18/h7,11-14,16-17H,3-6,8-10,15H2,1-2H3. The van der Waals surface area contributed by atoms with Gasteiger partial charge in [0.05, 0.1) is 5.69 Å². The summed E-state index contributed by atoms with van der Waals surface area (Å²) in [4.78, 5) is 0. The van der Waals surface area contributed by atoms with Gasteiger partial charge < -0.3 is 4.74 Å². The monoisotopic (exact) mass is 360 g/mol. The molecule has 0 spiro atoms. The molecule has 2 aromatic rings. The van der Waals surface area contributed by atoms with E-state index in [1.807, 2.05) is 18.2 Å². The van der Waals surface area contributed by atoms with Crippen LogP contribution in [0.25, 0.3) is 0 Å². The lowest BCUT2D eigenvalue weighted by Crippen LogP contribution is -2.17. The molecular weight excluding hydrogens is 332 g/mol. The van der Waals surface area contributed by atoms with Crippen LogP contribution >= 0.6 is 11.6 Å². The molecule has 1 saturated carbocycles. The van der Waals surface area contributed by atoms with E-state index >= 15 is 0 Å². The molecule has 1 heterocycles. The first-order chi connectivity index (χ1) is 12.2. The second-order valence-corrected chi connectivity index (χ2v) is 7.66. The Morgan fingerprint density at radius 1 is 1.24 bits per heavy atom. The number of halogens is 1. The molecule has 25 heavy (non-hydrogen) atoms. The number of hydrogen-bond donors (Lipinski definition) is 0. The SMILES string of the molecule is CCCc1cc(OC(C)c2cccc(Cl)c2)n(CC2CCCCC2)n1. The molecule has 0 amide bonds. The van der Waals surface area contributed by atoms with Crippen molar-refractivity contribution in [2.45, 2.75) is 71.4 Å². The summed E-state index contributed by atoms with van der Waals surface area (Å²) in [6.45, 7) is 5.24. The average Bonchev–Trinajstić information content (AvgIpc) is 2.97. The summed E-state index contributed by atoms with van der Waals surface area (Å²) in [6, 6.07) is 10.0. The Kier molecular flexibility index (Phi) is 6.41. The van der Waals surface area contributed by atoms with Crippen molar-refractivity contribution in [3.8, 4) is 5.88 Å². The molecule has 3 rings (SSSR count). The van der Waals surface area contributed by atoms with Crippen molar-refractivity contribution in [2.24, 2.45) is 5.92 Å². The van der Waals surface area contributed by atoms with Crippen LogP contribution in [0.3, 0.4) is 0 Å². The summed E-state index contributed by atoms with van der Waals surface area (Å²) in [5.74, 6) is 1.62. The topological polar surface area (TPSA) is 27.1 Å². The van der Waals surface area contributed by atoms with Crippen LogP contribution in [0.1, 0.15) is 69.7 Å². The number of aromatic nitrogens is 2. The molecule has 1 atom stereocenters. The number of ether oxygens (including phenoxy) is 1. The lowest BCUT2D eigenvalue weighted by Gasteiger charge is -2.23. The fourth-order valence-corrected chi connectivity index (χ4v) is 3.88. The van der Waals surface area contributed by atoms with Gasteiger partial charge >= 0.3 is 0 Å². The first kappa shape index (κ1) is 18.3. The molecule has 0 N–H and O–H groups in total. The predicted octanol–water partition coefficient (Wildman–Crippen LogP) is 6.21. The van der Waals surface area contributed by atoms with Crippen LogP contribution in [0.5, 0.6) is 5.88 Å². The third-order valence-corrected chi connectivity index (χ3v) is 5.31. The van der Waals surface area contributed by atoms with E-state index in [-0.39, 0.29) is 6.10 Å². The molecule has 0 bridgehead atoms. The highest BCUT2D eigenvalue weighted by molar-refractivity contribution is 6.30. The van der Waals surface area contributed by atoms with Gasteiger partial charge in [-0.05, 0) is 49.8 Å². The Hall–Kier alpha value is -1.48. The van der Waals surface area contributed by atoms with E-state index in [1.54, 1.807) is 0 Å². The van der Waals surface area contributed by atoms with E-state index < -0.39 is 0 Å². The van der Waals surface area contributed by atoms with E-state index in [4.69, 9.17) is 21.4 Å². The van der Waals surface area contributed by atoms with E-state index in [0.717, 1.165) is 47.5 Å². The van der Waals surface area contributed by atoms with Crippen LogP contribution in [-0.4, -0.2) is 9.78 Å². The predicted molar refractivity (Wildman–Crippen MR) is 103 cm³/mol. The van der Waals surface area contributed by atoms with Gasteiger partial charge in [0.2, 0.25) is 5.88 Å². The van der Waals surface area contributed by atoms with Crippen LogP contribution in [-0.2, 0) is 13.0 Å². The Balaban J connectivity index is 1.75. The van der Waals surface area contributed by atoms with Crippen molar-refractivity contribution in [3.05, 3.63) is 46.6 Å². The number of aryl methyl sites for hydroxylation is 1. The molecular formula is C21H29ClN2O. The lowest BCUT2D eigenvalue weighted by molar-refractivity contribution is 0.193. The van der Waals surface area contributed by atoms with Gasteiger partial charge in [0.25, 0.3) is 0 Å². The van der Waals surface area contributed by atoms with E-state index in [1.165, 1.54) is 32.1 Å². The van der Waals surface area contributed by atoms with Crippen LogP contribution < -0.4 is 4.74 Å². The molecule has 1 aliphatic rings. The Morgan fingerprint density at radius 2 is 2.04 bits per heavy atom. The third-order valence-electron chi connectivity index (χ3n) is 5.07. The van der Waals surface area contributed by atoms with Crippen molar-refractivity contribution < 1.29 is 4.74 Å². The molecule has 1 aliphatic carbocycles. The Morgan fingerprint density at radius 3 is 2.76 bits per heavy atom. The zero-order valence-corrected chi connectivity index (χ0v) is 16.1. The minimum Gasteiger partial charge on any atom is -0.470 e. The molecule has 1 unspecified atom stereocenters. The average molecular weight is 361 g/mol. The van der Waals surface area contributed by atoms with Crippen LogP contribution in [0, 0.1) is 5.92 Å². The van der Waals surface area contributed by atoms with Gasteiger partial charge in [0.15, 0.2) is 0 Å². The smallest absolute Gasteiger partial charge is 0.212 e. The highest BCUT2D eigenvalue weighted by Crippen LogP contribution is 2.29. The normalized spacial score (nSPS) is 16.8. The van der Waals surface area contributed by atoms with Gasteiger partial charge in [0, 0.05) is 17.6 Å². The van der Waals surface area contributed by atoms with E-state index in [0.29, 0.717) is 0 Å². The first-order valence-electron chi connectivity index (χ1n) is 9.64. The third kappa shape index (κ3) is 5.01. The van der Waals surface area contributed by atoms with Crippen LogP contribution in [0.15, 0.2) is 30.3 Å². The van der Waals surface area contributed by atoms with Crippen molar-refractivity contribution in [2.75, 3.05) is 0 Å². The van der Waals surface area contributed by atoms with Gasteiger partial charge in [-0.1, -0.05) is 56.3 Å². The summed E-state index contributed by atoms with van der Waals surface area (Å²) < 4.78 is 8.40.